The summed E-state index contributed by atoms with van der Waals surface area (Å²) < 4.78 is 5.18. The number of fused-ring (bicyclic) bond motifs is 1. The first kappa shape index (κ1) is 21.6. The van der Waals surface area contributed by atoms with Crippen LogP contribution in [0.2, 0.25) is 0 Å². The molecule has 1 N–H and O–H groups in total. The van der Waals surface area contributed by atoms with Gasteiger partial charge in [-0.2, -0.15) is 0 Å². The van der Waals surface area contributed by atoms with E-state index in [0.717, 1.165) is 57.9 Å². The minimum absolute atomic E-state index is 0.0206. The van der Waals surface area contributed by atoms with Crippen molar-refractivity contribution in [2.45, 2.75) is 52.1 Å². The molecule has 160 valence electrons. The van der Waals surface area contributed by atoms with Crippen LogP contribution in [-0.2, 0) is 22.5 Å². The number of nitrogens with one attached hydrogen (secondary N) is 1. The van der Waals surface area contributed by atoms with Crippen molar-refractivity contribution in [3.05, 3.63) is 35.4 Å². The molecule has 1 aromatic rings. The number of benzene rings is 1. The molecule has 6 nitrogen and oxygen atoms in total. The van der Waals surface area contributed by atoms with Crippen molar-refractivity contribution in [3.63, 3.8) is 0 Å². The van der Waals surface area contributed by atoms with Crippen LogP contribution < -0.4 is 5.32 Å². The zero-order valence-corrected chi connectivity index (χ0v) is 18.4. The zero-order chi connectivity index (χ0) is 20.9. The highest BCUT2D eigenvalue weighted by Crippen LogP contribution is 2.25. The average molecular weight is 401 g/mol. The summed E-state index contributed by atoms with van der Waals surface area (Å²) in [5.41, 5.74) is 2.94. The van der Waals surface area contributed by atoms with Crippen molar-refractivity contribution >= 4 is 11.9 Å². The maximum atomic E-state index is 12.0. The predicted octanol–water partition coefficient (Wildman–Crippen LogP) is 2.67. The third kappa shape index (κ3) is 5.30. The number of likely N-dealkylation sites (tertiary alicyclic amines) is 1. The van der Waals surface area contributed by atoms with Crippen molar-refractivity contribution in [2.24, 2.45) is 10.9 Å². The van der Waals surface area contributed by atoms with Gasteiger partial charge in [0.2, 0.25) is 0 Å². The van der Waals surface area contributed by atoms with Crippen LogP contribution >= 0.6 is 0 Å². The molecule has 0 aliphatic carbocycles. The van der Waals surface area contributed by atoms with Crippen molar-refractivity contribution in [1.82, 2.24) is 15.1 Å². The fraction of sp³-hybridized carbons (Fsp3) is 0.652. The lowest BCUT2D eigenvalue weighted by molar-refractivity contribution is -0.149. The SMILES string of the molecule is CCOC(=O)C1CCN(C(=NC)NCC(C)(C)N2CCc3ccccc3C2)CC1. The number of hydrogen-bond acceptors (Lipinski definition) is 4. The van der Waals surface area contributed by atoms with E-state index in [2.05, 4.69) is 58.2 Å². The molecule has 0 amide bonds. The van der Waals surface area contributed by atoms with Gasteiger partial charge < -0.3 is 15.0 Å². The van der Waals surface area contributed by atoms with Gasteiger partial charge in [-0.1, -0.05) is 24.3 Å². The Morgan fingerprint density at radius 3 is 2.55 bits per heavy atom. The summed E-state index contributed by atoms with van der Waals surface area (Å²) >= 11 is 0. The van der Waals surface area contributed by atoms with E-state index in [1.165, 1.54) is 11.1 Å². The molecule has 6 heteroatoms. The summed E-state index contributed by atoms with van der Waals surface area (Å²) in [5, 5.41) is 3.59. The molecular formula is C23H36N4O2. The van der Waals surface area contributed by atoms with E-state index in [9.17, 15) is 4.79 Å². The van der Waals surface area contributed by atoms with Crippen LogP contribution in [0.15, 0.2) is 29.3 Å². The molecule has 1 aromatic carbocycles. The summed E-state index contributed by atoms with van der Waals surface area (Å²) in [6.07, 6.45) is 2.76. The molecular weight excluding hydrogens is 364 g/mol. The molecule has 0 spiro atoms. The van der Waals surface area contributed by atoms with Gasteiger partial charge in [-0.05, 0) is 51.2 Å². The average Bonchev–Trinajstić information content (AvgIpc) is 2.74. The molecule has 2 aliphatic heterocycles. The van der Waals surface area contributed by atoms with E-state index >= 15 is 0 Å². The minimum Gasteiger partial charge on any atom is -0.466 e. The molecule has 0 radical (unpaired) electrons. The van der Waals surface area contributed by atoms with Crippen LogP contribution in [0.1, 0.15) is 44.7 Å². The molecule has 0 saturated carbocycles. The summed E-state index contributed by atoms with van der Waals surface area (Å²) in [4.78, 5) is 21.3. The molecule has 0 atom stereocenters. The first-order valence-electron chi connectivity index (χ1n) is 10.9. The molecule has 2 aliphatic rings. The molecule has 1 fully saturated rings. The molecule has 0 unspecified atom stereocenters. The number of carbonyl (C=O) groups is 1. The van der Waals surface area contributed by atoms with E-state index < -0.39 is 0 Å². The number of ether oxygens (including phenoxy) is 1. The second-order valence-corrected chi connectivity index (χ2v) is 8.67. The molecule has 29 heavy (non-hydrogen) atoms. The zero-order valence-electron chi connectivity index (χ0n) is 18.4. The van der Waals surface area contributed by atoms with Crippen molar-refractivity contribution in [3.8, 4) is 0 Å². The summed E-state index contributed by atoms with van der Waals surface area (Å²) in [5.74, 6) is 0.897. The first-order valence-corrected chi connectivity index (χ1v) is 10.9. The van der Waals surface area contributed by atoms with E-state index in [0.29, 0.717) is 6.61 Å². The normalized spacial score (nSPS) is 19.0. The molecule has 0 aromatic heterocycles. The second kappa shape index (κ2) is 9.61. The number of piperidine rings is 1. The lowest BCUT2D eigenvalue weighted by Gasteiger charge is -2.42. The van der Waals surface area contributed by atoms with Crippen LogP contribution in [0.25, 0.3) is 0 Å². The van der Waals surface area contributed by atoms with Gasteiger partial charge in [-0.15, -0.1) is 0 Å². The van der Waals surface area contributed by atoms with E-state index in [1.807, 2.05) is 14.0 Å². The Kier molecular flexibility index (Phi) is 7.17. The van der Waals surface area contributed by atoms with Gasteiger partial charge in [0.15, 0.2) is 5.96 Å². The molecule has 1 saturated heterocycles. The van der Waals surface area contributed by atoms with Crippen LogP contribution in [0.3, 0.4) is 0 Å². The monoisotopic (exact) mass is 400 g/mol. The number of aliphatic imine (C=N–C) groups is 1. The third-order valence-electron chi connectivity index (χ3n) is 6.29. The number of rotatable bonds is 5. The maximum Gasteiger partial charge on any atom is 0.309 e. The van der Waals surface area contributed by atoms with E-state index in [-0.39, 0.29) is 17.4 Å². The minimum atomic E-state index is -0.0541. The predicted molar refractivity (Wildman–Crippen MR) is 117 cm³/mol. The Morgan fingerprint density at radius 1 is 1.21 bits per heavy atom. The highest BCUT2D eigenvalue weighted by atomic mass is 16.5. The number of guanidine groups is 1. The van der Waals surface area contributed by atoms with Gasteiger partial charge in [0.1, 0.15) is 0 Å². The largest absolute Gasteiger partial charge is 0.466 e. The standard InChI is InChI=1S/C23H36N4O2/c1-5-29-21(28)19-10-13-26(14-11-19)22(24-4)25-17-23(2,3)27-15-12-18-8-6-7-9-20(18)16-27/h6-9,19H,5,10-17H2,1-4H3,(H,24,25). The van der Waals surface area contributed by atoms with Gasteiger partial charge in [0.05, 0.1) is 12.5 Å². The van der Waals surface area contributed by atoms with Crippen LogP contribution in [0, 0.1) is 5.92 Å². The summed E-state index contributed by atoms with van der Waals surface area (Å²) in [6.45, 7) is 11.5. The highest BCUT2D eigenvalue weighted by molar-refractivity contribution is 5.80. The van der Waals surface area contributed by atoms with Gasteiger partial charge in [-0.25, -0.2) is 0 Å². The fourth-order valence-corrected chi connectivity index (χ4v) is 4.34. The Morgan fingerprint density at radius 2 is 1.90 bits per heavy atom. The number of carbonyl (C=O) groups excluding carboxylic acids is 1. The fourth-order valence-electron chi connectivity index (χ4n) is 4.34. The lowest BCUT2D eigenvalue weighted by Crippen LogP contribution is -2.56. The summed E-state index contributed by atoms with van der Waals surface area (Å²) in [7, 11) is 1.84. The maximum absolute atomic E-state index is 12.0. The van der Waals surface area contributed by atoms with Crippen molar-refractivity contribution < 1.29 is 9.53 Å². The van der Waals surface area contributed by atoms with E-state index in [4.69, 9.17) is 4.74 Å². The Hall–Kier alpha value is -2.08. The van der Waals surface area contributed by atoms with Gasteiger partial charge in [0.25, 0.3) is 0 Å². The lowest BCUT2D eigenvalue weighted by atomic mass is 9.94. The second-order valence-electron chi connectivity index (χ2n) is 8.67. The quantitative estimate of drug-likeness (QED) is 0.468. The molecule has 2 heterocycles. The van der Waals surface area contributed by atoms with Gasteiger partial charge in [0, 0.05) is 45.3 Å². The first-order chi connectivity index (χ1) is 13.9. The third-order valence-corrected chi connectivity index (χ3v) is 6.29. The van der Waals surface area contributed by atoms with Crippen molar-refractivity contribution in [1.29, 1.82) is 0 Å². The van der Waals surface area contributed by atoms with Crippen LogP contribution in [-0.4, -0.2) is 67.1 Å². The number of nitrogens with zero attached hydrogens (tertiary/aromatic N) is 3. The van der Waals surface area contributed by atoms with E-state index in [1.54, 1.807) is 0 Å². The van der Waals surface area contributed by atoms with Gasteiger partial charge >= 0.3 is 5.97 Å². The number of esters is 1. The Balaban J connectivity index is 1.52. The Labute approximate surface area is 175 Å². The Bertz CT molecular complexity index is 723. The van der Waals surface area contributed by atoms with Gasteiger partial charge in [-0.3, -0.25) is 14.7 Å². The molecule has 0 bridgehead atoms. The van der Waals surface area contributed by atoms with Crippen LogP contribution in [0.4, 0.5) is 0 Å². The van der Waals surface area contributed by atoms with Crippen LogP contribution in [0.5, 0.6) is 0 Å². The van der Waals surface area contributed by atoms with Crippen molar-refractivity contribution in [2.75, 3.05) is 39.8 Å². The highest BCUT2D eigenvalue weighted by Gasteiger charge is 2.31. The smallest absolute Gasteiger partial charge is 0.309 e. The number of hydrogen-bond donors (Lipinski definition) is 1. The topological polar surface area (TPSA) is 57.2 Å². The molecule has 3 rings (SSSR count). The summed E-state index contributed by atoms with van der Waals surface area (Å²) in [6, 6.07) is 8.77.